The maximum atomic E-state index is 11.5. The molecule has 0 aliphatic carbocycles. The van der Waals surface area contributed by atoms with Crippen molar-refractivity contribution in [1.82, 2.24) is 0 Å². The van der Waals surface area contributed by atoms with Crippen LogP contribution in [0, 0.1) is 0 Å². The van der Waals surface area contributed by atoms with Gasteiger partial charge in [0.15, 0.2) is 0 Å². The Hall–Kier alpha value is -1.83. The van der Waals surface area contributed by atoms with E-state index in [9.17, 15) is 4.79 Å². The van der Waals surface area contributed by atoms with Crippen molar-refractivity contribution in [3.63, 3.8) is 0 Å². The smallest absolute Gasteiger partial charge is 0.496 e. The summed E-state index contributed by atoms with van der Waals surface area (Å²) < 4.78 is 9.80. The van der Waals surface area contributed by atoms with E-state index >= 15 is 0 Å². The second-order valence-electron chi connectivity index (χ2n) is 3.90. The first-order valence-electron chi connectivity index (χ1n) is 5.55. The molecule has 0 fully saturated rings. The van der Waals surface area contributed by atoms with Gasteiger partial charge in [-0.3, -0.25) is 4.79 Å². The highest BCUT2D eigenvalue weighted by Crippen LogP contribution is 2.24. The standard InChI is InChI=1S/C12H16BNO5/c1-8(2)12(15)14-10-5-4-9(7-19-13(16)17)11(6-10)18-3/h4-6,16-17H,1,7H2,2-3H3,(H,14,15). The predicted molar refractivity (Wildman–Crippen MR) is 71.4 cm³/mol. The van der Waals surface area contributed by atoms with Crippen LogP contribution >= 0.6 is 0 Å². The van der Waals surface area contributed by atoms with Gasteiger partial charge in [0, 0.05) is 22.9 Å². The molecule has 0 spiro atoms. The molecular formula is C12H16BNO5. The van der Waals surface area contributed by atoms with Crippen molar-refractivity contribution in [3.05, 3.63) is 35.9 Å². The van der Waals surface area contributed by atoms with Gasteiger partial charge in [0.1, 0.15) is 5.75 Å². The molecule has 0 unspecified atom stereocenters. The van der Waals surface area contributed by atoms with Gasteiger partial charge >= 0.3 is 7.32 Å². The number of benzene rings is 1. The Morgan fingerprint density at radius 3 is 2.68 bits per heavy atom. The fourth-order valence-electron chi connectivity index (χ4n) is 1.34. The molecular weight excluding hydrogens is 249 g/mol. The monoisotopic (exact) mass is 265 g/mol. The summed E-state index contributed by atoms with van der Waals surface area (Å²) in [5.41, 5.74) is 1.58. The highest BCUT2D eigenvalue weighted by molar-refractivity contribution is 6.32. The highest BCUT2D eigenvalue weighted by Gasteiger charge is 2.12. The van der Waals surface area contributed by atoms with Crippen LogP contribution in [0.25, 0.3) is 0 Å². The average molecular weight is 265 g/mol. The van der Waals surface area contributed by atoms with Crippen LogP contribution in [-0.4, -0.2) is 30.4 Å². The largest absolute Gasteiger partial charge is 0.634 e. The number of anilines is 1. The van der Waals surface area contributed by atoms with Crippen molar-refractivity contribution in [2.45, 2.75) is 13.5 Å². The molecule has 0 atom stereocenters. The lowest BCUT2D eigenvalue weighted by Gasteiger charge is -2.12. The number of carbonyl (C=O) groups excluding carboxylic acids is 1. The van der Waals surface area contributed by atoms with Gasteiger partial charge in [-0.2, -0.15) is 0 Å². The van der Waals surface area contributed by atoms with Gasteiger partial charge < -0.3 is 24.8 Å². The average Bonchev–Trinajstić information content (AvgIpc) is 2.36. The van der Waals surface area contributed by atoms with Crippen LogP contribution in [0.2, 0.25) is 0 Å². The molecule has 0 aromatic heterocycles. The third kappa shape index (κ3) is 4.74. The third-order valence-electron chi connectivity index (χ3n) is 2.32. The van der Waals surface area contributed by atoms with E-state index in [0.717, 1.165) is 0 Å². The van der Waals surface area contributed by atoms with Gasteiger partial charge in [-0.05, 0) is 13.0 Å². The number of amides is 1. The number of hydrogen-bond donors (Lipinski definition) is 3. The molecule has 3 N–H and O–H groups in total. The lowest BCUT2D eigenvalue weighted by atomic mass is 10.1. The summed E-state index contributed by atoms with van der Waals surface area (Å²) in [5.74, 6) is 0.192. The van der Waals surface area contributed by atoms with Crippen LogP contribution in [0.4, 0.5) is 5.69 Å². The van der Waals surface area contributed by atoms with Crippen molar-refractivity contribution >= 4 is 18.9 Å². The summed E-state index contributed by atoms with van der Waals surface area (Å²) in [6.45, 7) is 5.13. The molecule has 1 rings (SSSR count). The molecule has 0 bridgehead atoms. The van der Waals surface area contributed by atoms with E-state index in [1.54, 1.807) is 25.1 Å². The number of carbonyl (C=O) groups is 1. The summed E-state index contributed by atoms with van der Waals surface area (Å²) in [7, 11) is -0.369. The molecule has 6 nitrogen and oxygen atoms in total. The molecule has 0 radical (unpaired) electrons. The fraction of sp³-hybridized carbons (Fsp3) is 0.250. The minimum atomic E-state index is -1.84. The van der Waals surface area contributed by atoms with Crippen LogP contribution in [0.1, 0.15) is 12.5 Å². The first-order chi connectivity index (χ1) is 8.93. The normalized spacial score (nSPS) is 9.89. The van der Waals surface area contributed by atoms with Gasteiger partial charge in [0.2, 0.25) is 0 Å². The summed E-state index contributed by atoms with van der Waals surface area (Å²) in [4.78, 5) is 11.5. The zero-order valence-electron chi connectivity index (χ0n) is 10.8. The molecule has 1 aromatic carbocycles. The molecule has 7 heteroatoms. The Bertz CT molecular complexity index is 475. The molecule has 19 heavy (non-hydrogen) atoms. The van der Waals surface area contributed by atoms with E-state index in [4.69, 9.17) is 14.8 Å². The zero-order valence-corrected chi connectivity index (χ0v) is 10.8. The van der Waals surface area contributed by atoms with Gasteiger partial charge in [-0.15, -0.1) is 0 Å². The lowest BCUT2D eigenvalue weighted by Crippen LogP contribution is -2.16. The first-order valence-corrected chi connectivity index (χ1v) is 5.55. The number of hydrogen-bond acceptors (Lipinski definition) is 5. The van der Waals surface area contributed by atoms with Crippen molar-refractivity contribution in [3.8, 4) is 5.75 Å². The molecule has 1 amide bonds. The van der Waals surface area contributed by atoms with Crippen LogP contribution in [0.15, 0.2) is 30.4 Å². The molecule has 102 valence electrons. The minimum absolute atomic E-state index is 0.0183. The van der Waals surface area contributed by atoms with Gasteiger partial charge in [0.05, 0.1) is 13.7 Å². The molecule has 0 aliphatic rings. The van der Waals surface area contributed by atoms with E-state index in [-0.39, 0.29) is 12.5 Å². The maximum absolute atomic E-state index is 11.5. The van der Waals surface area contributed by atoms with E-state index in [1.165, 1.54) is 7.11 Å². The zero-order chi connectivity index (χ0) is 14.4. The first kappa shape index (κ1) is 15.2. The summed E-state index contributed by atoms with van der Waals surface area (Å²) in [6.07, 6.45) is 0. The van der Waals surface area contributed by atoms with E-state index in [2.05, 4.69) is 16.6 Å². The summed E-state index contributed by atoms with van der Waals surface area (Å²) >= 11 is 0. The number of rotatable bonds is 6. The Kier molecular flexibility index (Phi) is 5.56. The molecule has 1 aromatic rings. The van der Waals surface area contributed by atoms with Crippen molar-refractivity contribution < 1.29 is 24.2 Å². The van der Waals surface area contributed by atoms with Crippen LogP contribution in [0.3, 0.4) is 0 Å². The molecule has 0 aliphatic heterocycles. The van der Waals surface area contributed by atoms with E-state index in [0.29, 0.717) is 22.6 Å². The van der Waals surface area contributed by atoms with Gasteiger partial charge in [-0.25, -0.2) is 0 Å². The van der Waals surface area contributed by atoms with Crippen molar-refractivity contribution in [2.24, 2.45) is 0 Å². The second-order valence-corrected chi connectivity index (χ2v) is 3.90. The molecule has 0 heterocycles. The van der Waals surface area contributed by atoms with Crippen LogP contribution in [-0.2, 0) is 16.1 Å². The Morgan fingerprint density at radius 2 is 2.16 bits per heavy atom. The summed E-state index contributed by atoms with van der Waals surface area (Å²) in [6, 6.07) is 4.93. The SMILES string of the molecule is C=C(C)C(=O)Nc1ccc(COB(O)O)c(OC)c1. The van der Waals surface area contributed by atoms with Crippen LogP contribution < -0.4 is 10.1 Å². The predicted octanol–water partition coefficient (Wildman–Crippen LogP) is 0.696. The quantitative estimate of drug-likeness (QED) is 0.520. The summed E-state index contributed by atoms with van der Waals surface area (Å²) in [5, 5.41) is 19.9. The number of ether oxygens (including phenoxy) is 1. The highest BCUT2D eigenvalue weighted by atomic mass is 16.6. The second kappa shape index (κ2) is 6.94. The van der Waals surface area contributed by atoms with Gasteiger partial charge in [0.25, 0.3) is 5.91 Å². The Balaban J connectivity index is 2.83. The van der Waals surface area contributed by atoms with Crippen molar-refractivity contribution in [1.29, 1.82) is 0 Å². The van der Waals surface area contributed by atoms with Crippen LogP contribution in [0.5, 0.6) is 5.75 Å². The fourth-order valence-corrected chi connectivity index (χ4v) is 1.34. The number of methoxy groups -OCH3 is 1. The molecule has 0 saturated heterocycles. The van der Waals surface area contributed by atoms with Crippen molar-refractivity contribution in [2.75, 3.05) is 12.4 Å². The third-order valence-corrected chi connectivity index (χ3v) is 2.32. The number of nitrogens with one attached hydrogen (secondary N) is 1. The lowest BCUT2D eigenvalue weighted by molar-refractivity contribution is -0.112. The Labute approximate surface area is 111 Å². The molecule has 0 saturated carbocycles. The van der Waals surface area contributed by atoms with E-state index < -0.39 is 7.32 Å². The minimum Gasteiger partial charge on any atom is -0.496 e. The Morgan fingerprint density at radius 1 is 1.47 bits per heavy atom. The topological polar surface area (TPSA) is 88.0 Å². The maximum Gasteiger partial charge on any atom is 0.634 e. The van der Waals surface area contributed by atoms with Gasteiger partial charge in [-0.1, -0.05) is 12.6 Å². The van der Waals surface area contributed by atoms with E-state index in [1.807, 2.05) is 0 Å².